The van der Waals surface area contributed by atoms with Gasteiger partial charge < -0.3 is 10.6 Å². The molecule has 0 saturated carbocycles. The highest BCUT2D eigenvalue weighted by Crippen LogP contribution is 2.28. The van der Waals surface area contributed by atoms with Crippen LogP contribution in [0.4, 0.5) is 8.78 Å². The van der Waals surface area contributed by atoms with Gasteiger partial charge in [-0.05, 0) is 57.3 Å². The normalized spacial score (nSPS) is 19.3. The van der Waals surface area contributed by atoms with Gasteiger partial charge in [-0.3, -0.25) is 14.9 Å². The van der Waals surface area contributed by atoms with Crippen molar-refractivity contribution in [3.05, 3.63) is 65.5 Å². The molecule has 0 aliphatic carbocycles. The Bertz CT molecular complexity index is 928. The fourth-order valence-corrected chi connectivity index (χ4v) is 3.17. The smallest absolute Gasteiger partial charge is 0.159 e. The van der Waals surface area contributed by atoms with E-state index in [1.807, 2.05) is 18.7 Å². The molecule has 0 aromatic heterocycles. The van der Waals surface area contributed by atoms with Gasteiger partial charge in [-0.1, -0.05) is 6.58 Å². The quantitative estimate of drug-likeness (QED) is 0.329. The lowest BCUT2D eigenvalue weighted by Gasteiger charge is -2.27. The largest absolute Gasteiger partial charge is 0.387 e. The maximum Gasteiger partial charge on any atom is 0.159 e. The molecule has 1 aliphatic rings. The Kier molecular flexibility index (Phi) is 8.81. The third-order valence-electron chi connectivity index (χ3n) is 4.76. The predicted molar refractivity (Wildman–Crippen MR) is 125 cm³/mol. The second-order valence-corrected chi connectivity index (χ2v) is 7.28. The minimum Gasteiger partial charge on any atom is -0.387 e. The maximum absolute atomic E-state index is 14.0. The van der Waals surface area contributed by atoms with Gasteiger partial charge in [0.1, 0.15) is 0 Å². The summed E-state index contributed by atoms with van der Waals surface area (Å²) in [5, 5.41) is 0. The molecule has 6 nitrogen and oxygen atoms in total. The molecule has 1 aliphatic heterocycles. The lowest BCUT2D eigenvalue weighted by atomic mass is 10.0. The van der Waals surface area contributed by atoms with Crippen LogP contribution in [-0.2, 0) is 6.54 Å². The molecule has 1 aromatic rings. The fourth-order valence-electron chi connectivity index (χ4n) is 3.17. The summed E-state index contributed by atoms with van der Waals surface area (Å²) in [6.45, 7) is 15.5. The van der Waals surface area contributed by atoms with E-state index in [-0.39, 0.29) is 12.6 Å². The first-order valence-electron chi connectivity index (χ1n) is 10.0. The van der Waals surface area contributed by atoms with E-state index in [2.05, 4.69) is 39.2 Å². The van der Waals surface area contributed by atoms with Crippen LogP contribution in [-0.4, -0.2) is 54.4 Å². The minimum atomic E-state index is -0.908. The Hall–Kier alpha value is -3.13. The zero-order chi connectivity index (χ0) is 23.0. The van der Waals surface area contributed by atoms with Crippen molar-refractivity contribution in [1.82, 2.24) is 9.80 Å². The first-order chi connectivity index (χ1) is 14.8. The molecule has 31 heavy (non-hydrogen) atoms. The molecule has 1 saturated heterocycles. The number of rotatable bonds is 11. The Labute approximate surface area is 182 Å². The highest BCUT2D eigenvalue weighted by molar-refractivity contribution is 5.78. The van der Waals surface area contributed by atoms with Crippen LogP contribution in [0.5, 0.6) is 0 Å². The van der Waals surface area contributed by atoms with E-state index in [9.17, 15) is 8.78 Å². The van der Waals surface area contributed by atoms with Gasteiger partial charge in [0.25, 0.3) is 0 Å². The standard InChI is InChI=1S/C23H30F2N6/c1-6-30(15-31-14-20(31)10-16(2)29-18(4)26)17(3)21-12-23(25)22(24)11-19(21)13-28-9-7-8-27-5/h7-12,20H,3,5-6,13-15H2,1-2,4H3,(H2,26,29)/b8-7-,16-10-,28-9-. The summed E-state index contributed by atoms with van der Waals surface area (Å²) in [5.74, 6) is -1.29. The summed E-state index contributed by atoms with van der Waals surface area (Å²) in [7, 11) is 0. The SMILES string of the molecule is C=N/C=C\C=N/Cc1cc(F)c(F)cc1C(=C)N(CC)CN1CC1/C=C(C)\N=C(\C)N. The molecule has 0 amide bonds. The summed E-state index contributed by atoms with van der Waals surface area (Å²) in [4.78, 5) is 16.3. The highest BCUT2D eigenvalue weighted by Gasteiger charge is 2.33. The molecular weight excluding hydrogens is 398 g/mol. The van der Waals surface area contributed by atoms with Crippen LogP contribution in [0, 0.1) is 11.6 Å². The van der Waals surface area contributed by atoms with Crippen molar-refractivity contribution in [1.29, 1.82) is 0 Å². The van der Waals surface area contributed by atoms with Crippen LogP contribution in [0.2, 0.25) is 0 Å². The van der Waals surface area contributed by atoms with Crippen LogP contribution in [0.15, 0.2) is 57.7 Å². The van der Waals surface area contributed by atoms with E-state index in [1.165, 1.54) is 18.3 Å². The second-order valence-electron chi connectivity index (χ2n) is 7.28. The molecule has 2 rings (SSSR count). The van der Waals surface area contributed by atoms with Crippen molar-refractivity contribution in [3.8, 4) is 0 Å². The summed E-state index contributed by atoms with van der Waals surface area (Å²) in [6.07, 6.45) is 6.72. The van der Waals surface area contributed by atoms with E-state index in [4.69, 9.17) is 5.73 Å². The first kappa shape index (κ1) is 24.1. The van der Waals surface area contributed by atoms with Crippen LogP contribution < -0.4 is 5.73 Å². The van der Waals surface area contributed by atoms with Crippen LogP contribution in [0.25, 0.3) is 5.70 Å². The van der Waals surface area contributed by atoms with Gasteiger partial charge in [0.05, 0.1) is 19.0 Å². The van der Waals surface area contributed by atoms with Crippen molar-refractivity contribution in [2.75, 3.05) is 19.8 Å². The molecule has 0 radical (unpaired) electrons. The molecule has 1 heterocycles. The third-order valence-corrected chi connectivity index (χ3v) is 4.76. The number of benzene rings is 1. The lowest BCUT2D eigenvalue weighted by Crippen LogP contribution is -2.28. The van der Waals surface area contributed by atoms with Gasteiger partial charge in [0.15, 0.2) is 11.6 Å². The number of amidine groups is 1. The van der Waals surface area contributed by atoms with Crippen molar-refractivity contribution in [3.63, 3.8) is 0 Å². The Morgan fingerprint density at radius 1 is 1.32 bits per heavy atom. The van der Waals surface area contributed by atoms with E-state index in [1.54, 1.807) is 19.2 Å². The minimum absolute atomic E-state index is 0.190. The molecule has 2 atom stereocenters. The molecule has 1 aromatic carbocycles. The fraction of sp³-hybridized carbons (Fsp3) is 0.348. The van der Waals surface area contributed by atoms with Gasteiger partial charge in [-0.2, -0.15) is 0 Å². The molecule has 1 fully saturated rings. The maximum atomic E-state index is 14.0. The van der Waals surface area contributed by atoms with Crippen molar-refractivity contribution in [2.45, 2.75) is 33.4 Å². The van der Waals surface area contributed by atoms with E-state index in [0.29, 0.717) is 35.9 Å². The van der Waals surface area contributed by atoms with Crippen LogP contribution >= 0.6 is 0 Å². The summed E-state index contributed by atoms with van der Waals surface area (Å²) >= 11 is 0. The van der Waals surface area contributed by atoms with Crippen molar-refractivity contribution < 1.29 is 8.78 Å². The predicted octanol–water partition coefficient (Wildman–Crippen LogP) is 3.97. The zero-order valence-corrected chi connectivity index (χ0v) is 18.4. The average molecular weight is 429 g/mol. The van der Waals surface area contributed by atoms with E-state index in [0.717, 1.165) is 12.2 Å². The summed E-state index contributed by atoms with van der Waals surface area (Å²) < 4.78 is 27.9. The third kappa shape index (κ3) is 7.25. The molecular formula is C23H30F2N6. The number of nitrogens with zero attached hydrogens (tertiary/aromatic N) is 5. The number of halogens is 2. The van der Waals surface area contributed by atoms with Crippen molar-refractivity contribution >= 4 is 24.5 Å². The lowest BCUT2D eigenvalue weighted by molar-refractivity contribution is 0.309. The Morgan fingerprint density at radius 2 is 2.03 bits per heavy atom. The molecule has 166 valence electrons. The second kappa shape index (κ2) is 11.3. The number of hydrogen-bond acceptors (Lipinski definition) is 5. The van der Waals surface area contributed by atoms with Gasteiger partial charge in [0, 0.05) is 48.5 Å². The Morgan fingerprint density at radius 3 is 2.68 bits per heavy atom. The molecule has 0 bridgehead atoms. The number of nitrogens with two attached hydrogens (primary N) is 1. The monoisotopic (exact) mass is 428 g/mol. The zero-order valence-electron chi connectivity index (χ0n) is 18.4. The van der Waals surface area contributed by atoms with E-state index < -0.39 is 11.6 Å². The van der Waals surface area contributed by atoms with Gasteiger partial charge in [-0.25, -0.2) is 13.8 Å². The number of aliphatic imine (C=N–C) groups is 3. The molecule has 0 spiro atoms. The highest BCUT2D eigenvalue weighted by atomic mass is 19.2. The summed E-state index contributed by atoms with van der Waals surface area (Å²) in [6, 6.07) is 2.63. The number of allylic oxidation sites excluding steroid dienone is 2. The van der Waals surface area contributed by atoms with Crippen LogP contribution in [0.1, 0.15) is 31.9 Å². The average Bonchev–Trinajstić information content (AvgIpc) is 3.44. The first-order valence-corrected chi connectivity index (χ1v) is 10.0. The Balaban J connectivity index is 2.15. The molecule has 2 N–H and O–H groups in total. The van der Waals surface area contributed by atoms with E-state index >= 15 is 0 Å². The van der Waals surface area contributed by atoms with Crippen LogP contribution in [0.3, 0.4) is 0 Å². The molecule has 2 unspecified atom stereocenters. The molecule has 8 heteroatoms. The topological polar surface area (TPSA) is 69.3 Å². The van der Waals surface area contributed by atoms with Gasteiger partial charge >= 0.3 is 0 Å². The van der Waals surface area contributed by atoms with Gasteiger partial charge in [-0.15, -0.1) is 0 Å². The number of hydrogen-bond donors (Lipinski definition) is 1. The summed E-state index contributed by atoms with van der Waals surface area (Å²) in [5.41, 5.74) is 8.22. The van der Waals surface area contributed by atoms with Gasteiger partial charge in [0.2, 0.25) is 0 Å². The van der Waals surface area contributed by atoms with Crippen molar-refractivity contribution in [2.24, 2.45) is 20.7 Å².